The van der Waals surface area contributed by atoms with E-state index < -0.39 is 0 Å². The highest BCUT2D eigenvalue weighted by atomic mass is 32.1. The van der Waals surface area contributed by atoms with Crippen LogP contribution in [0.3, 0.4) is 0 Å². The van der Waals surface area contributed by atoms with Crippen LogP contribution in [-0.4, -0.2) is 35.2 Å². The number of hydrogen-bond donors (Lipinski definition) is 2. The van der Waals surface area contributed by atoms with Crippen LogP contribution in [-0.2, 0) is 17.6 Å². The van der Waals surface area contributed by atoms with Crippen molar-refractivity contribution in [3.63, 3.8) is 0 Å². The van der Waals surface area contributed by atoms with Crippen molar-refractivity contribution in [1.29, 1.82) is 0 Å². The first kappa shape index (κ1) is 28.4. The summed E-state index contributed by atoms with van der Waals surface area (Å²) in [5, 5.41) is 7.90. The first-order chi connectivity index (χ1) is 16.9. The molecular weight excluding hydrogens is 455 g/mol. The highest BCUT2D eigenvalue weighted by Gasteiger charge is 2.13. The number of carbonyl (C=O) groups is 2. The van der Waals surface area contributed by atoms with E-state index in [4.69, 9.17) is 0 Å². The van der Waals surface area contributed by atoms with Gasteiger partial charge in [-0.1, -0.05) is 66.4 Å². The third-order valence-electron chi connectivity index (χ3n) is 5.72. The van der Waals surface area contributed by atoms with Gasteiger partial charge in [0.2, 0.25) is 13.3 Å². The second-order valence-corrected chi connectivity index (χ2v) is 9.18. The van der Waals surface area contributed by atoms with Crippen LogP contribution in [0.4, 0.5) is 5.13 Å². The molecule has 1 radical (unpaired) electrons. The van der Waals surface area contributed by atoms with Crippen molar-refractivity contribution in [3.05, 3.63) is 58.7 Å². The lowest BCUT2D eigenvalue weighted by molar-refractivity contribution is -0.115. The Kier molecular flexibility index (Phi) is 11.8. The summed E-state index contributed by atoms with van der Waals surface area (Å²) < 4.78 is 1.79. The minimum Gasteiger partial charge on any atom is -0.402 e. The maximum Gasteiger partial charge on any atom is 0.253 e. The van der Waals surface area contributed by atoms with Crippen LogP contribution >= 0.6 is 11.3 Å². The van der Waals surface area contributed by atoms with Gasteiger partial charge in [-0.15, -0.1) is 11.3 Å². The Morgan fingerprint density at radius 1 is 1.17 bits per heavy atom. The number of carbonyl (C=O) groups excluding carboxylic acids is 2. The second-order valence-electron chi connectivity index (χ2n) is 8.33. The molecule has 1 unspecified atom stereocenters. The monoisotopic (exact) mass is 493 g/mol. The lowest BCUT2D eigenvalue weighted by Crippen LogP contribution is -2.32. The molecule has 0 saturated heterocycles. The minimum absolute atomic E-state index is 0.111. The number of benzene rings is 1. The number of rotatable bonds is 11. The molecule has 0 aliphatic carbocycles. The highest BCUT2D eigenvalue weighted by Crippen LogP contribution is 2.28. The number of anilines is 1. The van der Waals surface area contributed by atoms with Crippen molar-refractivity contribution in [1.82, 2.24) is 14.8 Å². The average Bonchev–Trinajstić information content (AvgIpc) is 3.55. The van der Waals surface area contributed by atoms with Crippen molar-refractivity contribution in [2.45, 2.75) is 67.1 Å². The summed E-state index contributed by atoms with van der Waals surface area (Å²) in [4.78, 5) is 29.1. The van der Waals surface area contributed by atoms with Crippen LogP contribution in [0.15, 0.2) is 42.0 Å². The average molecular weight is 494 g/mol. The predicted molar refractivity (Wildman–Crippen MR) is 148 cm³/mol. The third kappa shape index (κ3) is 8.39. The number of hydrogen-bond acceptors (Lipinski definition) is 4. The van der Waals surface area contributed by atoms with E-state index >= 15 is 0 Å². The first-order valence-electron chi connectivity index (χ1n) is 12.6. The lowest BCUT2D eigenvalue weighted by atomic mass is 9.91. The molecule has 0 saturated carbocycles. The summed E-state index contributed by atoms with van der Waals surface area (Å²) in [6, 6.07) is 8.30. The number of nitrogens with zero attached hydrogens (tertiary/aromatic N) is 2. The van der Waals surface area contributed by atoms with Crippen molar-refractivity contribution >= 4 is 35.7 Å². The fourth-order valence-electron chi connectivity index (χ4n) is 3.60. The van der Waals surface area contributed by atoms with Crippen LogP contribution in [0.1, 0.15) is 68.9 Å². The van der Waals surface area contributed by atoms with Gasteiger partial charge in [-0.3, -0.25) is 9.59 Å². The van der Waals surface area contributed by atoms with Gasteiger partial charge in [0.05, 0.1) is 17.8 Å². The van der Waals surface area contributed by atoms with Gasteiger partial charge in [0.1, 0.15) is 0 Å². The Bertz CT molecular complexity index is 1090. The fourth-order valence-corrected chi connectivity index (χ4v) is 4.34. The zero-order chi connectivity index (χ0) is 25.8. The lowest BCUT2D eigenvalue weighted by Gasteiger charge is -2.14. The SMILES string of the molecule is CC.C[B]n1ccc(C(=O)NCC(=O)Nc2nc(-c3ccc(CC(C)CC)c(CCC)c3)cs2)c1. The maximum atomic E-state index is 12.3. The van der Waals surface area contributed by atoms with Crippen LogP contribution in [0, 0.1) is 5.92 Å². The molecule has 0 spiro atoms. The van der Waals surface area contributed by atoms with Gasteiger partial charge in [-0.2, -0.15) is 0 Å². The van der Waals surface area contributed by atoms with Gasteiger partial charge in [0.25, 0.3) is 5.91 Å². The van der Waals surface area contributed by atoms with E-state index in [2.05, 4.69) is 54.6 Å². The summed E-state index contributed by atoms with van der Waals surface area (Å²) in [6.45, 7) is 12.5. The van der Waals surface area contributed by atoms with E-state index in [0.717, 1.165) is 30.5 Å². The Hall–Kier alpha value is -2.87. The molecule has 0 aliphatic rings. The summed E-state index contributed by atoms with van der Waals surface area (Å²) in [5.41, 5.74) is 5.22. The van der Waals surface area contributed by atoms with Crippen molar-refractivity contribution in [2.75, 3.05) is 11.9 Å². The summed E-state index contributed by atoms with van der Waals surface area (Å²) in [7, 11) is 1.84. The Morgan fingerprint density at radius 3 is 2.60 bits per heavy atom. The molecule has 3 aromatic rings. The van der Waals surface area contributed by atoms with Crippen LogP contribution in [0.25, 0.3) is 11.3 Å². The van der Waals surface area contributed by atoms with E-state index in [9.17, 15) is 9.59 Å². The molecule has 2 amide bonds. The predicted octanol–water partition coefficient (Wildman–Crippen LogP) is 6.06. The summed E-state index contributed by atoms with van der Waals surface area (Å²) in [6.07, 6.45) is 7.91. The smallest absolute Gasteiger partial charge is 0.253 e. The van der Waals surface area contributed by atoms with E-state index in [1.165, 1.54) is 28.9 Å². The van der Waals surface area contributed by atoms with Gasteiger partial charge >= 0.3 is 0 Å². The summed E-state index contributed by atoms with van der Waals surface area (Å²) in [5.74, 6) is 0.0748. The quantitative estimate of drug-likeness (QED) is 0.319. The summed E-state index contributed by atoms with van der Waals surface area (Å²) >= 11 is 1.38. The van der Waals surface area contributed by atoms with Gasteiger partial charge < -0.3 is 15.1 Å². The fraction of sp³-hybridized carbons (Fsp3) is 0.444. The molecular formula is C27H38BN4O2S. The molecule has 1 aromatic carbocycles. The van der Waals surface area contributed by atoms with E-state index in [1.54, 1.807) is 22.9 Å². The molecule has 1 atom stereocenters. The Labute approximate surface area is 214 Å². The number of amides is 2. The van der Waals surface area contributed by atoms with Crippen LogP contribution in [0.5, 0.6) is 0 Å². The molecule has 2 heterocycles. The topological polar surface area (TPSA) is 76.0 Å². The van der Waals surface area contributed by atoms with Gasteiger partial charge in [0, 0.05) is 17.1 Å². The molecule has 2 aromatic heterocycles. The molecule has 6 nitrogen and oxygen atoms in total. The highest BCUT2D eigenvalue weighted by molar-refractivity contribution is 7.14. The third-order valence-corrected chi connectivity index (χ3v) is 6.48. The molecule has 35 heavy (non-hydrogen) atoms. The van der Waals surface area contributed by atoms with Crippen molar-refractivity contribution in [3.8, 4) is 11.3 Å². The standard InChI is InChI=1S/C25H32BN4O2S.C2H6/c1-5-7-18-13-20(9-8-19(18)12-17(3)6-2)22-16-33-25(28-22)29-23(31)14-27-24(32)21-10-11-30(15-21)26-4;1-2/h8-11,13,15-17H,5-7,12,14H2,1-4H3,(H,27,32)(H,28,29,31);1-2H3. The van der Waals surface area contributed by atoms with Gasteiger partial charge in [-0.25, -0.2) is 4.98 Å². The van der Waals surface area contributed by atoms with Crippen LogP contribution in [0.2, 0.25) is 6.82 Å². The maximum absolute atomic E-state index is 12.3. The van der Waals surface area contributed by atoms with E-state index in [-0.39, 0.29) is 18.4 Å². The molecule has 0 fully saturated rings. The van der Waals surface area contributed by atoms with E-state index in [0.29, 0.717) is 16.6 Å². The Balaban J connectivity index is 0.00000210. The normalized spacial score (nSPS) is 11.3. The zero-order valence-corrected chi connectivity index (χ0v) is 22.7. The molecule has 0 aliphatic heterocycles. The molecule has 0 bridgehead atoms. The van der Waals surface area contributed by atoms with Crippen molar-refractivity contribution < 1.29 is 9.59 Å². The molecule has 8 heteroatoms. The van der Waals surface area contributed by atoms with Gasteiger partial charge in [-0.05, 0) is 48.2 Å². The number of thiazole rings is 1. The first-order valence-corrected chi connectivity index (χ1v) is 13.4. The molecule has 3 rings (SSSR count). The van der Waals surface area contributed by atoms with E-state index in [1.807, 2.05) is 33.5 Å². The minimum atomic E-state index is -0.304. The molecule has 187 valence electrons. The number of aryl methyl sites for hydroxylation is 1. The largest absolute Gasteiger partial charge is 0.402 e. The van der Waals surface area contributed by atoms with Crippen LogP contribution < -0.4 is 10.6 Å². The van der Waals surface area contributed by atoms with Crippen molar-refractivity contribution in [2.24, 2.45) is 5.92 Å². The van der Waals surface area contributed by atoms with Gasteiger partial charge in [0.15, 0.2) is 5.13 Å². The number of aromatic nitrogens is 2. The molecule has 2 N–H and O–H groups in total. The second kappa shape index (κ2) is 14.5. The number of nitrogens with one attached hydrogen (secondary N) is 2. The zero-order valence-electron chi connectivity index (χ0n) is 21.9. The Morgan fingerprint density at radius 2 is 1.94 bits per heavy atom.